The summed E-state index contributed by atoms with van der Waals surface area (Å²) in [6.45, 7) is 1.93. The van der Waals surface area contributed by atoms with Crippen LogP contribution >= 0.6 is 0 Å². The van der Waals surface area contributed by atoms with E-state index in [0.717, 1.165) is 5.39 Å². The molecule has 0 saturated carbocycles. The van der Waals surface area contributed by atoms with Gasteiger partial charge in [-0.25, -0.2) is 9.78 Å². The first-order valence-corrected chi connectivity index (χ1v) is 6.29. The molecule has 2 heterocycles. The molecule has 0 aliphatic heterocycles. The maximum Gasteiger partial charge on any atom is 0.339 e. The fourth-order valence-corrected chi connectivity index (χ4v) is 1.98. The second-order valence-corrected chi connectivity index (χ2v) is 4.47. The highest BCUT2D eigenvalue weighted by atomic mass is 16.5. The molecule has 7 nitrogen and oxygen atoms in total. The van der Waals surface area contributed by atoms with Crippen LogP contribution in [0.5, 0.6) is 0 Å². The van der Waals surface area contributed by atoms with Gasteiger partial charge in [0.1, 0.15) is 11.4 Å². The quantitative estimate of drug-likeness (QED) is 0.757. The molecule has 1 aromatic carbocycles. The lowest BCUT2D eigenvalue weighted by Gasteiger charge is -2.08. The standard InChI is InChI=1S/C14H12N4O3/c1-8-16-12(21-18-8)7-15-13-10(14(19)20)6-9-4-2-3-5-11(9)17-13/h2-6H,7H2,1H3,(H,15,17)(H,19,20). The Balaban J connectivity index is 1.95. The van der Waals surface area contributed by atoms with E-state index in [0.29, 0.717) is 17.2 Å². The average molecular weight is 284 g/mol. The number of carboxylic acids is 1. The largest absolute Gasteiger partial charge is 0.478 e. The number of anilines is 1. The molecule has 0 spiro atoms. The van der Waals surface area contributed by atoms with Gasteiger partial charge in [-0.1, -0.05) is 23.4 Å². The third kappa shape index (κ3) is 2.66. The van der Waals surface area contributed by atoms with Crippen molar-refractivity contribution in [1.29, 1.82) is 0 Å². The molecule has 0 amide bonds. The van der Waals surface area contributed by atoms with Crippen LogP contribution in [0.25, 0.3) is 10.9 Å². The van der Waals surface area contributed by atoms with Crippen LogP contribution in [0.3, 0.4) is 0 Å². The van der Waals surface area contributed by atoms with E-state index in [9.17, 15) is 9.90 Å². The Morgan fingerprint density at radius 3 is 2.86 bits per heavy atom. The third-order valence-corrected chi connectivity index (χ3v) is 2.93. The first-order chi connectivity index (χ1) is 10.1. The maximum atomic E-state index is 11.3. The fourth-order valence-electron chi connectivity index (χ4n) is 1.98. The van der Waals surface area contributed by atoms with Crippen molar-refractivity contribution in [2.45, 2.75) is 13.5 Å². The molecule has 3 aromatic rings. The number of carbonyl (C=O) groups is 1. The number of para-hydroxylation sites is 1. The normalized spacial score (nSPS) is 10.7. The molecule has 7 heteroatoms. The summed E-state index contributed by atoms with van der Waals surface area (Å²) in [6.07, 6.45) is 0. The Labute approximate surface area is 119 Å². The number of hydrogen-bond acceptors (Lipinski definition) is 6. The minimum absolute atomic E-state index is 0.102. The first kappa shape index (κ1) is 13.0. The van der Waals surface area contributed by atoms with Gasteiger partial charge in [0.05, 0.1) is 12.1 Å². The highest BCUT2D eigenvalue weighted by Gasteiger charge is 2.14. The van der Waals surface area contributed by atoms with Gasteiger partial charge in [-0.15, -0.1) is 0 Å². The number of fused-ring (bicyclic) bond motifs is 1. The molecule has 3 rings (SSSR count). The molecule has 0 unspecified atom stereocenters. The zero-order valence-electron chi connectivity index (χ0n) is 11.2. The van der Waals surface area contributed by atoms with Crippen molar-refractivity contribution in [2.75, 3.05) is 5.32 Å². The average Bonchev–Trinajstić information content (AvgIpc) is 2.89. The molecule has 0 aliphatic rings. The van der Waals surface area contributed by atoms with E-state index >= 15 is 0 Å². The summed E-state index contributed by atoms with van der Waals surface area (Å²) >= 11 is 0. The summed E-state index contributed by atoms with van der Waals surface area (Å²) < 4.78 is 4.98. The van der Waals surface area contributed by atoms with Crippen LogP contribution in [0.2, 0.25) is 0 Å². The number of rotatable bonds is 4. The highest BCUT2D eigenvalue weighted by Crippen LogP contribution is 2.21. The van der Waals surface area contributed by atoms with Crippen LogP contribution in [0.15, 0.2) is 34.9 Å². The van der Waals surface area contributed by atoms with Crippen LogP contribution < -0.4 is 5.32 Å². The molecule has 0 aliphatic carbocycles. The second kappa shape index (κ2) is 5.20. The number of aryl methyl sites for hydroxylation is 1. The van der Waals surface area contributed by atoms with E-state index in [4.69, 9.17) is 4.52 Å². The second-order valence-electron chi connectivity index (χ2n) is 4.47. The van der Waals surface area contributed by atoms with E-state index in [1.54, 1.807) is 13.0 Å². The zero-order valence-corrected chi connectivity index (χ0v) is 11.2. The summed E-state index contributed by atoms with van der Waals surface area (Å²) in [4.78, 5) is 19.7. The molecular formula is C14H12N4O3. The summed E-state index contributed by atoms with van der Waals surface area (Å²) in [5.74, 6) is 0.130. The molecular weight excluding hydrogens is 272 g/mol. The minimum Gasteiger partial charge on any atom is -0.478 e. The van der Waals surface area contributed by atoms with Crippen molar-refractivity contribution >= 4 is 22.7 Å². The maximum absolute atomic E-state index is 11.3. The third-order valence-electron chi connectivity index (χ3n) is 2.93. The molecule has 21 heavy (non-hydrogen) atoms. The summed E-state index contributed by atoms with van der Waals surface area (Å²) in [7, 11) is 0. The highest BCUT2D eigenvalue weighted by molar-refractivity contribution is 5.98. The summed E-state index contributed by atoms with van der Waals surface area (Å²) in [5, 5.41) is 16.7. The number of nitrogens with zero attached hydrogens (tertiary/aromatic N) is 3. The monoisotopic (exact) mass is 284 g/mol. The fraction of sp³-hybridized carbons (Fsp3) is 0.143. The van der Waals surface area contributed by atoms with E-state index in [-0.39, 0.29) is 17.9 Å². The lowest BCUT2D eigenvalue weighted by atomic mass is 10.1. The molecule has 0 radical (unpaired) electrons. The van der Waals surface area contributed by atoms with Gasteiger partial charge in [-0.05, 0) is 19.1 Å². The van der Waals surface area contributed by atoms with Gasteiger partial charge in [0.15, 0.2) is 5.82 Å². The number of hydrogen-bond donors (Lipinski definition) is 2. The van der Waals surface area contributed by atoms with E-state index in [1.165, 1.54) is 0 Å². The van der Waals surface area contributed by atoms with Crippen molar-refractivity contribution < 1.29 is 14.4 Å². The van der Waals surface area contributed by atoms with Gasteiger partial charge in [0.25, 0.3) is 0 Å². The van der Waals surface area contributed by atoms with Crippen LogP contribution in [-0.4, -0.2) is 26.2 Å². The Kier molecular flexibility index (Phi) is 3.23. The van der Waals surface area contributed by atoms with Crippen LogP contribution in [0.1, 0.15) is 22.1 Å². The zero-order chi connectivity index (χ0) is 14.8. The molecule has 0 saturated heterocycles. The van der Waals surface area contributed by atoms with E-state index < -0.39 is 5.97 Å². The number of pyridine rings is 1. The SMILES string of the molecule is Cc1noc(CNc2nc3ccccc3cc2C(=O)O)n1. The smallest absolute Gasteiger partial charge is 0.339 e. The lowest BCUT2D eigenvalue weighted by molar-refractivity contribution is 0.0697. The molecule has 0 atom stereocenters. The van der Waals surface area contributed by atoms with Gasteiger partial charge in [-0.2, -0.15) is 4.98 Å². The summed E-state index contributed by atoms with van der Waals surface area (Å²) in [5.41, 5.74) is 0.816. The first-order valence-electron chi connectivity index (χ1n) is 6.29. The Morgan fingerprint density at radius 1 is 1.33 bits per heavy atom. The van der Waals surface area contributed by atoms with E-state index in [1.807, 2.05) is 24.3 Å². The topological polar surface area (TPSA) is 101 Å². The van der Waals surface area contributed by atoms with Crippen molar-refractivity contribution in [3.8, 4) is 0 Å². The van der Waals surface area contributed by atoms with Crippen molar-refractivity contribution in [3.05, 3.63) is 47.6 Å². The minimum atomic E-state index is -1.04. The number of benzene rings is 1. The molecule has 0 fully saturated rings. The predicted octanol–water partition coefficient (Wildman–Crippen LogP) is 2.24. The van der Waals surface area contributed by atoms with Crippen molar-refractivity contribution in [3.63, 3.8) is 0 Å². The van der Waals surface area contributed by atoms with Crippen LogP contribution in [0.4, 0.5) is 5.82 Å². The number of aromatic nitrogens is 3. The Hall–Kier alpha value is -2.96. The van der Waals surface area contributed by atoms with Gasteiger partial charge in [-0.3, -0.25) is 0 Å². The lowest BCUT2D eigenvalue weighted by Crippen LogP contribution is -2.09. The van der Waals surface area contributed by atoms with Gasteiger partial charge >= 0.3 is 5.97 Å². The summed E-state index contributed by atoms with van der Waals surface area (Å²) in [6, 6.07) is 8.92. The van der Waals surface area contributed by atoms with Crippen molar-refractivity contribution in [2.24, 2.45) is 0 Å². The van der Waals surface area contributed by atoms with Crippen LogP contribution in [0, 0.1) is 6.92 Å². The van der Waals surface area contributed by atoms with Crippen molar-refractivity contribution in [1.82, 2.24) is 15.1 Å². The van der Waals surface area contributed by atoms with Gasteiger partial charge in [0.2, 0.25) is 5.89 Å². The Morgan fingerprint density at radius 2 is 2.14 bits per heavy atom. The number of aromatic carboxylic acids is 1. The van der Waals surface area contributed by atoms with Gasteiger partial charge < -0.3 is 14.9 Å². The molecule has 2 aromatic heterocycles. The molecule has 106 valence electrons. The Bertz CT molecular complexity index is 813. The number of nitrogens with one attached hydrogen (secondary N) is 1. The van der Waals surface area contributed by atoms with Crippen LogP contribution in [-0.2, 0) is 6.54 Å². The number of carboxylic acid groups (broad SMARTS) is 1. The van der Waals surface area contributed by atoms with E-state index in [2.05, 4.69) is 20.4 Å². The van der Waals surface area contributed by atoms with Gasteiger partial charge in [0, 0.05) is 5.39 Å². The predicted molar refractivity (Wildman–Crippen MR) is 75.1 cm³/mol. The molecule has 2 N–H and O–H groups in total. The molecule has 0 bridgehead atoms.